The highest BCUT2D eigenvalue weighted by Crippen LogP contribution is 2.36. The Balaban J connectivity index is 0.769. The van der Waals surface area contributed by atoms with E-state index in [9.17, 15) is 14.4 Å². The number of amides is 3. The number of nitrogens with zero attached hydrogens (tertiary/aromatic N) is 4. The van der Waals surface area contributed by atoms with E-state index in [0.29, 0.717) is 49.2 Å². The first-order valence-corrected chi connectivity index (χ1v) is 22.2. The minimum absolute atomic E-state index is 0.0612. The molecule has 2 aromatic carbocycles. The fraction of sp³-hybridized carbons (Fsp3) is 0.442. The second-order valence-electron chi connectivity index (χ2n) is 15.4. The summed E-state index contributed by atoms with van der Waals surface area (Å²) >= 11 is 3.60. The van der Waals surface area contributed by atoms with Crippen LogP contribution in [0.25, 0.3) is 38.2 Å². The summed E-state index contributed by atoms with van der Waals surface area (Å²) in [6, 6.07) is 14.9. The van der Waals surface area contributed by atoms with Crippen molar-refractivity contribution in [3.8, 4) is 17.1 Å². The number of thioether (sulfide) groups is 1. The van der Waals surface area contributed by atoms with Crippen molar-refractivity contribution in [1.82, 2.24) is 35.5 Å². The van der Waals surface area contributed by atoms with Crippen molar-refractivity contribution in [1.29, 1.82) is 0 Å². The maximum Gasteiger partial charge on any atom is 0.315 e. The number of aromatic nitrogens is 4. The molecule has 12 nitrogen and oxygen atoms in total. The molecule has 298 valence electrons. The van der Waals surface area contributed by atoms with Gasteiger partial charge in [0.15, 0.2) is 17.3 Å². The van der Waals surface area contributed by atoms with E-state index in [1.807, 2.05) is 36.3 Å². The first-order chi connectivity index (χ1) is 27.8. The number of carbonyl (C=O) groups is 3. The lowest BCUT2D eigenvalue weighted by atomic mass is 10.0. The zero-order valence-corrected chi connectivity index (χ0v) is 34.1. The molecule has 2 saturated heterocycles. The molecule has 5 aromatic rings. The number of urea groups is 1. The van der Waals surface area contributed by atoms with E-state index >= 15 is 0 Å². The van der Waals surface area contributed by atoms with Gasteiger partial charge in [0.2, 0.25) is 5.91 Å². The summed E-state index contributed by atoms with van der Waals surface area (Å²) < 4.78 is 9.06. The Bertz CT molecular complexity index is 2300. The van der Waals surface area contributed by atoms with Crippen molar-refractivity contribution in [3.05, 3.63) is 71.4 Å². The Morgan fingerprint density at radius 1 is 1.00 bits per heavy atom. The number of thiophene rings is 1. The van der Waals surface area contributed by atoms with Crippen molar-refractivity contribution >= 4 is 73.6 Å². The van der Waals surface area contributed by atoms with Crippen LogP contribution in [-0.4, -0.2) is 73.6 Å². The van der Waals surface area contributed by atoms with Gasteiger partial charge in [-0.2, -0.15) is 11.8 Å². The Labute approximate surface area is 341 Å². The molecular weight excluding hydrogens is 757 g/mol. The van der Waals surface area contributed by atoms with Gasteiger partial charge in [-0.15, -0.1) is 11.3 Å². The van der Waals surface area contributed by atoms with Crippen LogP contribution in [0.4, 0.5) is 10.6 Å². The summed E-state index contributed by atoms with van der Waals surface area (Å²) in [5.74, 6) is 2.75. The number of unbranched alkanes of at least 4 members (excludes halogenated alkanes) is 3. The zero-order chi connectivity index (χ0) is 39.3. The monoisotopic (exact) mass is 806 g/mol. The molecule has 0 bridgehead atoms. The number of allylic oxidation sites excluding steroid dienone is 1. The molecule has 0 radical (unpaired) electrons. The van der Waals surface area contributed by atoms with Gasteiger partial charge in [0.05, 0.1) is 18.4 Å². The third-order valence-corrected chi connectivity index (χ3v) is 13.5. The number of hydrogen-bond donors (Lipinski definition) is 4. The fourth-order valence-corrected chi connectivity index (χ4v) is 10.5. The van der Waals surface area contributed by atoms with Gasteiger partial charge in [-0.25, -0.2) is 19.7 Å². The predicted molar refractivity (Wildman–Crippen MR) is 229 cm³/mol. The Morgan fingerprint density at radius 2 is 1.88 bits per heavy atom. The van der Waals surface area contributed by atoms with Gasteiger partial charge >= 0.3 is 12.0 Å². The summed E-state index contributed by atoms with van der Waals surface area (Å²) in [5, 5.41) is 16.3. The maximum absolute atomic E-state index is 12.8. The Morgan fingerprint density at radius 3 is 2.77 bits per heavy atom. The highest BCUT2D eigenvalue weighted by Gasteiger charge is 2.42. The SMILES string of the molecule is CC(C)n1cnc2c(NCCC3=CCc4ccc(OC(=O)CCCCCNC(=O)CCCCC5SC[C@@H]6NC(=O)N[C@H]56)cc43)nc(-c3csc4ccccc34)nc21. The predicted octanol–water partition coefficient (Wildman–Crippen LogP) is 8.04. The lowest BCUT2D eigenvalue weighted by molar-refractivity contribution is -0.134. The summed E-state index contributed by atoms with van der Waals surface area (Å²) in [4.78, 5) is 51.4. The summed E-state index contributed by atoms with van der Waals surface area (Å²) in [5.41, 5.74) is 6.14. The largest absolute Gasteiger partial charge is 0.427 e. The Kier molecular flexibility index (Phi) is 12.1. The van der Waals surface area contributed by atoms with Gasteiger partial charge in [-0.05, 0) is 87.3 Å². The normalized spacial score (nSPS) is 18.4. The lowest BCUT2D eigenvalue weighted by Crippen LogP contribution is -2.36. The van der Waals surface area contributed by atoms with Gasteiger partial charge in [-0.1, -0.05) is 43.2 Å². The first-order valence-electron chi connectivity index (χ1n) is 20.2. The minimum Gasteiger partial charge on any atom is -0.427 e. The fourth-order valence-electron chi connectivity index (χ4n) is 8.02. The van der Waals surface area contributed by atoms with Crippen LogP contribution in [0.3, 0.4) is 0 Å². The third-order valence-electron chi connectivity index (χ3n) is 11.1. The molecule has 0 saturated carbocycles. The molecule has 3 aromatic heterocycles. The van der Waals surface area contributed by atoms with E-state index in [0.717, 1.165) is 84.2 Å². The van der Waals surface area contributed by atoms with E-state index in [2.05, 4.69) is 75.4 Å². The van der Waals surface area contributed by atoms with Crippen molar-refractivity contribution in [3.63, 3.8) is 0 Å². The number of benzene rings is 2. The summed E-state index contributed by atoms with van der Waals surface area (Å²) in [6.45, 7) is 5.52. The zero-order valence-electron chi connectivity index (χ0n) is 32.5. The summed E-state index contributed by atoms with van der Waals surface area (Å²) in [6.07, 6.45) is 11.7. The maximum atomic E-state index is 12.8. The number of rotatable bonds is 18. The van der Waals surface area contributed by atoms with Crippen LogP contribution in [0.15, 0.2) is 60.2 Å². The average Bonchev–Trinajstić information content (AvgIpc) is 4.04. The van der Waals surface area contributed by atoms with Crippen molar-refractivity contribution in [2.75, 3.05) is 24.2 Å². The van der Waals surface area contributed by atoms with Gasteiger partial charge in [-0.3, -0.25) is 9.59 Å². The smallest absolute Gasteiger partial charge is 0.315 e. The molecule has 3 atom stereocenters. The number of carbonyl (C=O) groups excluding carboxylic acids is 3. The molecule has 1 unspecified atom stereocenters. The highest BCUT2D eigenvalue weighted by atomic mass is 32.2. The van der Waals surface area contributed by atoms with E-state index in [4.69, 9.17) is 19.7 Å². The number of hydrogen-bond acceptors (Lipinski definition) is 10. The minimum atomic E-state index is -0.244. The number of imidazole rings is 1. The van der Waals surface area contributed by atoms with Crippen LogP contribution in [0.5, 0.6) is 5.75 Å². The lowest BCUT2D eigenvalue weighted by Gasteiger charge is -2.16. The van der Waals surface area contributed by atoms with Crippen molar-refractivity contribution < 1.29 is 19.1 Å². The van der Waals surface area contributed by atoms with Crippen LogP contribution in [-0.2, 0) is 16.0 Å². The summed E-state index contributed by atoms with van der Waals surface area (Å²) in [7, 11) is 0. The average molecular weight is 807 g/mol. The van der Waals surface area contributed by atoms with Crippen LogP contribution in [0, 0.1) is 0 Å². The number of ether oxygens (including phenoxy) is 1. The molecule has 8 rings (SSSR count). The Hall–Kier alpha value is -4.95. The van der Waals surface area contributed by atoms with Crippen molar-refractivity contribution in [2.24, 2.45) is 0 Å². The van der Waals surface area contributed by atoms with Gasteiger partial charge in [0.25, 0.3) is 0 Å². The quantitative estimate of drug-likeness (QED) is 0.0299. The number of fused-ring (bicyclic) bond motifs is 4. The molecule has 2 aliphatic heterocycles. The van der Waals surface area contributed by atoms with E-state index in [-0.39, 0.29) is 36.0 Å². The molecule has 5 heterocycles. The van der Waals surface area contributed by atoms with Crippen LogP contribution in [0.1, 0.15) is 88.8 Å². The van der Waals surface area contributed by atoms with Crippen molar-refractivity contribution in [2.45, 2.75) is 101 Å². The van der Waals surface area contributed by atoms with Gasteiger partial charge < -0.3 is 30.6 Å². The van der Waals surface area contributed by atoms with E-state index in [1.54, 1.807) is 11.3 Å². The number of esters is 1. The first kappa shape index (κ1) is 38.9. The van der Waals surface area contributed by atoms with E-state index < -0.39 is 0 Å². The van der Waals surface area contributed by atoms with Crippen LogP contribution < -0.4 is 26.0 Å². The molecule has 2 fully saturated rings. The molecule has 57 heavy (non-hydrogen) atoms. The molecule has 14 heteroatoms. The molecule has 1 aliphatic carbocycles. The topological polar surface area (TPSA) is 152 Å². The standard InChI is InChI=1S/C43H50N8O4S2/c1-26(2)51-25-46-39-41(49-40(50-42(39)51)32-23-56-34-11-6-5-10-30(32)34)45-21-19-28-16-15-27-17-18-29(22-31(27)28)55-37(53)14-4-3-9-20-44-36(52)13-8-7-12-35-38-33(24-57-35)47-43(54)48-38/h5-6,10-11,16-18,22-23,25-26,33,35,38H,3-4,7-9,12-15,19-21,24H2,1-2H3,(H,44,52)(H,45,49,50)(H2,47,48,54)/t33-,35?,38-/m0/s1. The molecule has 4 N–H and O–H groups in total. The third kappa shape index (κ3) is 8.96. The van der Waals surface area contributed by atoms with Gasteiger partial charge in [0, 0.05) is 64.0 Å². The molecule has 0 spiro atoms. The highest BCUT2D eigenvalue weighted by molar-refractivity contribution is 8.00. The van der Waals surface area contributed by atoms with Crippen LogP contribution in [0.2, 0.25) is 0 Å². The van der Waals surface area contributed by atoms with E-state index in [1.165, 1.54) is 15.8 Å². The molecule has 3 amide bonds. The van der Waals surface area contributed by atoms with Crippen LogP contribution >= 0.6 is 23.1 Å². The van der Waals surface area contributed by atoms with Gasteiger partial charge in [0.1, 0.15) is 11.3 Å². The second-order valence-corrected chi connectivity index (χ2v) is 17.6. The number of nitrogens with one attached hydrogen (secondary N) is 4. The second kappa shape index (κ2) is 17.7. The molecule has 3 aliphatic rings. The number of anilines is 1. The molecular formula is C43H50N8O4S2.